The van der Waals surface area contributed by atoms with Crippen molar-refractivity contribution < 1.29 is 23.6 Å². The van der Waals surface area contributed by atoms with Crippen LogP contribution < -0.4 is 0 Å². The zero-order valence-corrected chi connectivity index (χ0v) is 15.8. The molecule has 0 amide bonds. The highest BCUT2D eigenvalue weighted by Crippen LogP contribution is 2.64. The molecule has 4 rings (SSSR count). The summed E-state index contributed by atoms with van der Waals surface area (Å²) in [5.41, 5.74) is 1.71. The maximum Gasteiger partial charge on any atom is 0.197 e. The van der Waals surface area contributed by atoms with Gasteiger partial charge in [0.2, 0.25) is 0 Å². The van der Waals surface area contributed by atoms with Gasteiger partial charge in [0.1, 0.15) is 5.78 Å². The Kier molecular flexibility index (Phi) is 4.78. The molecule has 0 aliphatic heterocycles. The maximum atomic E-state index is 12.5. The van der Waals surface area contributed by atoms with E-state index in [0.717, 1.165) is 44.9 Å². The van der Waals surface area contributed by atoms with E-state index < -0.39 is 0 Å². The number of fused-ring (bicyclic) bond motifs is 5. The molecule has 0 aromatic heterocycles. The zero-order chi connectivity index (χ0) is 17.7. The Labute approximate surface area is 153 Å². The molecule has 3 fully saturated rings. The monoisotopic (exact) mass is 368 g/mol. The van der Waals surface area contributed by atoms with Gasteiger partial charge >= 0.3 is 0 Å². The zero-order valence-electron chi connectivity index (χ0n) is 15.0. The van der Waals surface area contributed by atoms with Gasteiger partial charge in [0.05, 0.1) is 6.10 Å². The van der Waals surface area contributed by atoms with Gasteiger partial charge in [0.15, 0.2) is 12.3 Å². The normalized spacial score (nSPS) is 46.2. The second-order valence-electron chi connectivity index (χ2n) is 8.85. The van der Waals surface area contributed by atoms with Gasteiger partial charge in [0, 0.05) is 11.8 Å². The van der Waals surface area contributed by atoms with E-state index >= 15 is 0 Å². The number of carbonyl (C=O) groups excluding carboxylic acids is 1. The number of hydrogen-bond donors (Lipinski definition) is 1. The first kappa shape index (κ1) is 18.0. The minimum Gasteiger partial charge on any atom is -0.299 e. The van der Waals surface area contributed by atoms with Crippen LogP contribution in [0.3, 0.4) is 0 Å². The van der Waals surface area contributed by atoms with E-state index in [2.05, 4.69) is 29.3 Å². The van der Waals surface area contributed by atoms with Crippen LogP contribution in [0.4, 0.5) is 0 Å². The average molecular weight is 368 g/mol. The van der Waals surface area contributed by atoms with E-state index in [9.17, 15) is 4.79 Å². The van der Waals surface area contributed by atoms with Crippen LogP contribution in [-0.4, -0.2) is 17.1 Å². The second-order valence-corrected chi connectivity index (χ2v) is 9.31. The Hall–Kier alpha value is -0.400. The third-order valence-corrected chi connectivity index (χ3v) is 8.47. The lowest BCUT2D eigenvalue weighted by atomic mass is 9.48. The Balaban J connectivity index is 1.51. The van der Waals surface area contributed by atoms with Crippen LogP contribution >= 0.6 is 12.3 Å². The SMILES string of the molecule is C[C@]12CC[C@H](OSOOO)CC1=CCC1C2CC[C@]2(C)C(=O)CCC12. The number of ketones is 1. The number of rotatable bonds is 4. The van der Waals surface area contributed by atoms with Gasteiger partial charge in [-0.2, -0.15) is 0 Å². The van der Waals surface area contributed by atoms with Crippen molar-refractivity contribution in [2.45, 2.75) is 71.3 Å². The van der Waals surface area contributed by atoms with E-state index in [4.69, 9.17) is 9.44 Å². The molecular formula is C19H28O5S. The third-order valence-electron chi connectivity index (χ3n) is 8.00. The van der Waals surface area contributed by atoms with Crippen LogP contribution in [0, 0.1) is 28.6 Å². The van der Waals surface area contributed by atoms with Crippen molar-refractivity contribution in [1.82, 2.24) is 0 Å². The summed E-state index contributed by atoms with van der Waals surface area (Å²) in [5, 5.41) is 11.8. The van der Waals surface area contributed by atoms with Crippen LogP contribution in [0.5, 0.6) is 0 Å². The van der Waals surface area contributed by atoms with Gasteiger partial charge in [-0.25, -0.2) is 5.26 Å². The lowest BCUT2D eigenvalue weighted by molar-refractivity contribution is -0.434. The summed E-state index contributed by atoms with van der Waals surface area (Å²) >= 11 is 0.696. The first-order chi connectivity index (χ1) is 12.0. The van der Waals surface area contributed by atoms with E-state index in [-0.39, 0.29) is 16.9 Å². The number of allylic oxidation sites excluding steroid dienone is 1. The third kappa shape index (κ3) is 2.81. The quantitative estimate of drug-likeness (QED) is 0.251. The molecule has 0 aromatic carbocycles. The molecule has 4 aliphatic carbocycles. The minimum atomic E-state index is -0.0541. The van der Waals surface area contributed by atoms with Crippen LogP contribution in [0.15, 0.2) is 11.6 Å². The van der Waals surface area contributed by atoms with Crippen molar-refractivity contribution in [2.75, 3.05) is 0 Å². The first-order valence-corrected chi connectivity index (χ1v) is 10.2. The van der Waals surface area contributed by atoms with E-state index in [1.807, 2.05) is 0 Å². The summed E-state index contributed by atoms with van der Waals surface area (Å²) in [6.07, 6.45) is 10.8. The van der Waals surface area contributed by atoms with Gasteiger partial charge in [-0.3, -0.25) is 8.98 Å². The highest BCUT2D eigenvalue weighted by molar-refractivity contribution is 7.89. The van der Waals surface area contributed by atoms with Crippen LogP contribution in [-0.2, 0) is 18.3 Å². The molecule has 0 aromatic rings. The van der Waals surface area contributed by atoms with Gasteiger partial charge in [-0.15, -0.1) is 4.33 Å². The van der Waals surface area contributed by atoms with Crippen molar-refractivity contribution in [3.8, 4) is 0 Å². The molecule has 0 saturated heterocycles. The minimum absolute atomic E-state index is 0.0541. The summed E-state index contributed by atoms with van der Waals surface area (Å²) in [6, 6.07) is 0. The lowest BCUT2D eigenvalue weighted by Crippen LogP contribution is -2.50. The molecule has 25 heavy (non-hydrogen) atoms. The molecular weight excluding hydrogens is 340 g/mol. The Morgan fingerprint density at radius 2 is 1.92 bits per heavy atom. The fourth-order valence-corrected chi connectivity index (χ4v) is 6.90. The van der Waals surface area contributed by atoms with Gasteiger partial charge < -0.3 is 0 Å². The molecule has 0 bridgehead atoms. The smallest absolute Gasteiger partial charge is 0.197 e. The summed E-state index contributed by atoms with van der Waals surface area (Å²) in [5.74, 6) is 2.45. The van der Waals surface area contributed by atoms with E-state index in [1.165, 1.54) is 12.0 Å². The highest BCUT2D eigenvalue weighted by Gasteiger charge is 2.58. The lowest BCUT2D eigenvalue weighted by Gasteiger charge is -2.56. The van der Waals surface area contributed by atoms with Crippen molar-refractivity contribution in [3.63, 3.8) is 0 Å². The topological polar surface area (TPSA) is 65.0 Å². The second kappa shape index (κ2) is 6.64. The van der Waals surface area contributed by atoms with E-state index in [1.54, 1.807) is 0 Å². The molecule has 6 heteroatoms. The molecule has 0 radical (unpaired) electrons. The number of carbonyl (C=O) groups is 1. The van der Waals surface area contributed by atoms with Crippen molar-refractivity contribution in [2.24, 2.45) is 28.6 Å². The van der Waals surface area contributed by atoms with Crippen molar-refractivity contribution >= 4 is 18.1 Å². The standard InChI is InChI=1S/C19H28O5S/c1-18-9-7-13(22-25-24-23-21)11-12(18)3-4-14-15-5-6-17(20)19(15,2)10-8-16(14)18/h3,13-16,21H,4-11H2,1-2H3/t13-,14?,15?,16?,18-,19-/m0/s1. The Bertz CT molecular complexity index is 578. The fraction of sp³-hybridized carbons (Fsp3) is 0.842. The molecule has 140 valence electrons. The van der Waals surface area contributed by atoms with Crippen LogP contribution in [0.1, 0.15) is 65.2 Å². The summed E-state index contributed by atoms with van der Waals surface area (Å²) < 4.78 is 9.93. The van der Waals surface area contributed by atoms with Crippen molar-refractivity contribution in [3.05, 3.63) is 11.6 Å². The van der Waals surface area contributed by atoms with E-state index in [0.29, 0.717) is 35.9 Å². The van der Waals surface area contributed by atoms with Gasteiger partial charge in [-0.05, 0) is 68.1 Å². The van der Waals surface area contributed by atoms with Crippen molar-refractivity contribution in [1.29, 1.82) is 0 Å². The predicted octanol–water partition coefficient (Wildman–Crippen LogP) is 4.89. The molecule has 3 unspecified atom stereocenters. The molecule has 4 aliphatic rings. The predicted molar refractivity (Wildman–Crippen MR) is 94.0 cm³/mol. The molecule has 0 heterocycles. The Morgan fingerprint density at radius 1 is 1.16 bits per heavy atom. The summed E-state index contributed by atoms with van der Waals surface area (Å²) in [4.78, 5) is 12.5. The fourth-order valence-electron chi connectivity index (χ4n) is 6.56. The van der Waals surface area contributed by atoms with Gasteiger partial charge in [0.25, 0.3) is 0 Å². The first-order valence-electron chi connectivity index (χ1n) is 9.52. The van der Waals surface area contributed by atoms with Crippen LogP contribution in [0.25, 0.3) is 0 Å². The van der Waals surface area contributed by atoms with Gasteiger partial charge in [-0.1, -0.05) is 30.5 Å². The maximum absolute atomic E-state index is 12.5. The highest BCUT2D eigenvalue weighted by atomic mass is 32.2. The molecule has 1 N–H and O–H groups in total. The summed E-state index contributed by atoms with van der Waals surface area (Å²) in [7, 11) is 0. The average Bonchev–Trinajstić information content (AvgIpc) is 2.90. The largest absolute Gasteiger partial charge is 0.299 e. The molecule has 3 saturated carbocycles. The number of Topliss-reactive ketones (excluding diaryl/α,β-unsaturated/α-hetero) is 1. The molecule has 0 spiro atoms. The number of hydrogen-bond acceptors (Lipinski definition) is 6. The molecule has 5 nitrogen and oxygen atoms in total. The van der Waals surface area contributed by atoms with Crippen LogP contribution in [0.2, 0.25) is 0 Å². The summed E-state index contributed by atoms with van der Waals surface area (Å²) in [6.45, 7) is 4.67. The Morgan fingerprint density at radius 3 is 2.72 bits per heavy atom. The molecule has 6 atom stereocenters.